The SMILES string of the molecule is CCOc1cc(-c2nc3ccccc3c(=O)[nH]2)c(Br)cc1OCC(=O)NC1CCCCC1. The second-order valence-electron chi connectivity index (χ2n) is 7.83. The van der Waals surface area contributed by atoms with Crippen molar-refractivity contribution in [3.8, 4) is 22.9 Å². The zero-order chi connectivity index (χ0) is 22.5. The molecule has 0 unspecified atom stereocenters. The third kappa shape index (κ3) is 5.12. The number of hydrogen-bond acceptors (Lipinski definition) is 5. The predicted octanol–water partition coefficient (Wildman–Crippen LogP) is 4.58. The topological polar surface area (TPSA) is 93.3 Å². The Bertz CT molecular complexity index is 1170. The Morgan fingerprint density at radius 2 is 1.91 bits per heavy atom. The molecule has 0 radical (unpaired) electrons. The molecule has 168 valence electrons. The maximum atomic E-state index is 12.5. The standard InChI is InChI=1S/C24H26BrN3O4/c1-2-31-20-12-17(23-27-19-11-7-6-10-16(19)24(30)28-23)18(25)13-21(20)32-14-22(29)26-15-8-4-3-5-9-15/h6-7,10-13,15H,2-5,8-9,14H2,1H3,(H,26,29)(H,27,28,30). The summed E-state index contributed by atoms with van der Waals surface area (Å²) in [6.07, 6.45) is 5.58. The van der Waals surface area contributed by atoms with Gasteiger partial charge < -0.3 is 19.8 Å². The molecule has 1 heterocycles. The number of halogens is 1. The Balaban J connectivity index is 1.57. The van der Waals surface area contributed by atoms with E-state index in [4.69, 9.17) is 9.47 Å². The van der Waals surface area contributed by atoms with Gasteiger partial charge in [-0.2, -0.15) is 0 Å². The van der Waals surface area contributed by atoms with Crippen LogP contribution in [0.1, 0.15) is 39.0 Å². The minimum absolute atomic E-state index is 0.0899. The highest BCUT2D eigenvalue weighted by atomic mass is 79.9. The van der Waals surface area contributed by atoms with Gasteiger partial charge in [-0.25, -0.2) is 4.98 Å². The Morgan fingerprint density at radius 3 is 2.69 bits per heavy atom. The van der Waals surface area contributed by atoms with Gasteiger partial charge in [0.1, 0.15) is 5.82 Å². The number of para-hydroxylation sites is 1. The van der Waals surface area contributed by atoms with Gasteiger partial charge in [0, 0.05) is 16.1 Å². The van der Waals surface area contributed by atoms with E-state index in [0.717, 1.165) is 25.7 Å². The monoisotopic (exact) mass is 499 g/mol. The number of ether oxygens (including phenoxy) is 2. The zero-order valence-corrected chi connectivity index (χ0v) is 19.5. The molecule has 3 aromatic rings. The van der Waals surface area contributed by atoms with Gasteiger partial charge >= 0.3 is 0 Å². The maximum Gasteiger partial charge on any atom is 0.259 e. The van der Waals surface area contributed by atoms with Gasteiger partial charge in [0.15, 0.2) is 18.1 Å². The van der Waals surface area contributed by atoms with Gasteiger partial charge in [-0.05, 0) is 60.0 Å². The van der Waals surface area contributed by atoms with Crippen molar-refractivity contribution < 1.29 is 14.3 Å². The molecular weight excluding hydrogens is 474 g/mol. The molecule has 8 heteroatoms. The van der Waals surface area contributed by atoms with Crippen LogP contribution in [-0.2, 0) is 4.79 Å². The third-order valence-electron chi connectivity index (χ3n) is 5.53. The van der Waals surface area contributed by atoms with Crippen molar-refractivity contribution >= 4 is 32.7 Å². The van der Waals surface area contributed by atoms with Gasteiger partial charge in [-0.15, -0.1) is 0 Å². The molecule has 1 aliphatic rings. The molecule has 1 saturated carbocycles. The number of fused-ring (bicyclic) bond motifs is 1. The number of hydrogen-bond donors (Lipinski definition) is 2. The fourth-order valence-electron chi connectivity index (χ4n) is 3.97. The molecule has 0 aliphatic heterocycles. The largest absolute Gasteiger partial charge is 0.490 e. The molecule has 0 spiro atoms. The minimum Gasteiger partial charge on any atom is -0.490 e. The van der Waals surface area contributed by atoms with Gasteiger partial charge in [-0.1, -0.05) is 31.4 Å². The van der Waals surface area contributed by atoms with Crippen LogP contribution in [0.3, 0.4) is 0 Å². The summed E-state index contributed by atoms with van der Waals surface area (Å²) in [5, 5.41) is 3.58. The molecule has 1 fully saturated rings. The summed E-state index contributed by atoms with van der Waals surface area (Å²) in [4.78, 5) is 32.3. The summed E-state index contributed by atoms with van der Waals surface area (Å²) >= 11 is 3.55. The molecule has 0 saturated heterocycles. The summed E-state index contributed by atoms with van der Waals surface area (Å²) in [5.74, 6) is 1.21. The van der Waals surface area contributed by atoms with Crippen molar-refractivity contribution in [3.63, 3.8) is 0 Å². The number of aromatic amines is 1. The maximum absolute atomic E-state index is 12.5. The number of benzene rings is 2. The molecule has 7 nitrogen and oxygen atoms in total. The first kappa shape index (κ1) is 22.3. The molecule has 4 rings (SSSR count). The lowest BCUT2D eigenvalue weighted by atomic mass is 9.95. The summed E-state index contributed by atoms with van der Waals surface area (Å²) in [6.45, 7) is 2.21. The number of carbonyl (C=O) groups is 1. The fourth-order valence-corrected chi connectivity index (χ4v) is 4.48. The van der Waals surface area contributed by atoms with E-state index >= 15 is 0 Å². The van der Waals surface area contributed by atoms with Crippen LogP contribution in [0.25, 0.3) is 22.3 Å². The van der Waals surface area contributed by atoms with Crippen LogP contribution in [-0.4, -0.2) is 35.1 Å². The first-order chi connectivity index (χ1) is 15.5. The van der Waals surface area contributed by atoms with Crippen molar-refractivity contribution in [2.75, 3.05) is 13.2 Å². The van der Waals surface area contributed by atoms with E-state index in [1.54, 1.807) is 30.3 Å². The lowest BCUT2D eigenvalue weighted by molar-refractivity contribution is -0.124. The number of aromatic nitrogens is 2. The molecule has 2 aromatic carbocycles. The second-order valence-corrected chi connectivity index (χ2v) is 8.69. The molecule has 32 heavy (non-hydrogen) atoms. The molecule has 2 N–H and O–H groups in total. The van der Waals surface area contributed by atoms with Crippen molar-refractivity contribution in [1.29, 1.82) is 0 Å². The Kier molecular flexibility index (Phi) is 7.09. The average Bonchev–Trinajstić information content (AvgIpc) is 2.80. The van der Waals surface area contributed by atoms with Crippen molar-refractivity contribution in [2.45, 2.75) is 45.1 Å². The van der Waals surface area contributed by atoms with Crippen LogP contribution in [0.4, 0.5) is 0 Å². The first-order valence-corrected chi connectivity index (χ1v) is 11.7. The highest BCUT2D eigenvalue weighted by Crippen LogP contribution is 2.38. The van der Waals surface area contributed by atoms with E-state index < -0.39 is 0 Å². The molecular formula is C24H26BrN3O4. The number of nitrogens with zero attached hydrogens (tertiary/aromatic N) is 1. The normalized spacial score (nSPS) is 14.3. The average molecular weight is 500 g/mol. The lowest BCUT2D eigenvalue weighted by Crippen LogP contribution is -2.39. The number of amides is 1. The summed E-state index contributed by atoms with van der Waals surface area (Å²) in [5.41, 5.74) is 1.06. The third-order valence-corrected chi connectivity index (χ3v) is 6.19. The Labute approximate surface area is 194 Å². The smallest absolute Gasteiger partial charge is 0.259 e. The summed E-state index contributed by atoms with van der Waals surface area (Å²) in [7, 11) is 0. The van der Waals surface area contributed by atoms with E-state index in [2.05, 4.69) is 31.2 Å². The molecule has 1 aliphatic carbocycles. The van der Waals surface area contributed by atoms with Crippen molar-refractivity contribution in [3.05, 3.63) is 51.2 Å². The molecule has 0 bridgehead atoms. The zero-order valence-electron chi connectivity index (χ0n) is 17.9. The van der Waals surface area contributed by atoms with Gasteiger partial charge in [0.05, 0.1) is 17.5 Å². The molecule has 0 atom stereocenters. The van der Waals surface area contributed by atoms with Crippen molar-refractivity contribution in [2.24, 2.45) is 0 Å². The Morgan fingerprint density at radius 1 is 1.16 bits per heavy atom. The number of carbonyl (C=O) groups excluding carboxylic acids is 1. The van der Waals surface area contributed by atoms with Gasteiger partial charge in [0.25, 0.3) is 11.5 Å². The van der Waals surface area contributed by atoms with Crippen molar-refractivity contribution in [1.82, 2.24) is 15.3 Å². The van der Waals surface area contributed by atoms with Crippen LogP contribution >= 0.6 is 15.9 Å². The van der Waals surface area contributed by atoms with Crippen LogP contribution in [0.2, 0.25) is 0 Å². The van der Waals surface area contributed by atoms with E-state index in [1.807, 2.05) is 13.0 Å². The van der Waals surface area contributed by atoms with Crippen LogP contribution in [0.15, 0.2) is 45.7 Å². The Hall–Kier alpha value is -2.87. The van der Waals surface area contributed by atoms with E-state index in [1.165, 1.54) is 6.42 Å². The van der Waals surface area contributed by atoms with Crippen LogP contribution in [0.5, 0.6) is 11.5 Å². The van der Waals surface area contributed by atoms with Crippen LogP contribution in [0, 0.1) is 0 Å². The van der Waals surface area contributed by atoms with Gasteiger partial charge in [0.2, 0.25) is 0 Å². The van der Waals surface area contributed by atoms with E-state index in [0.29, 0.717) is 44.9 Å². The first-order valence-electron chi connectivity index (χ1n) is 10.9. The molecule has 1 aromatic heterocycles. The fraction of sp³-hybridized carbons (Fsp3) is 0.375. The molecule has 1 amide bonds. The summed E-state index contributed by atoms with van der Waals surface area (Å²) in [6, 6.07) is 10.9. The lowest BCUT2D eigenvalue weighted by Gasteiger charge is -2.23. The van der Waals surface area contributed by atoms with E-state index in [-0.39, 0.29) is 24.1 Å². The minimum atomic E-state index is -0.213. The predicted molar refractivity (Wildman–Crippen MR) is 127 cm³/mol. The second kappa shape index (κ2) is 10.2. The van der Waals surface area contributed by atoms with E-state index in [9.17, 15) is 9.59 Å². The number of rotatable bonds is 7. The number of H-pyrrole nitrogens is 1. The summed E-state index contributed by atoms with van der Waals surface area (Å²) < 4.78 is 12.2. The quantitative estimate of drug-likeness (QED) is 0.496. The highest BCUT2D eigenvalue weighted by Gasteiger charge is 2.18. The highest BCUT2D eigenvalue weighted by molar-refractivity contribution is 9.10. The number of nitrogens with one attached hydrogen (secondary N) is 2. The van der Waals surface area contributed by atoms with Gasteiger partial charge in [-0.3, -0.25) is 9.59 Å². The van der Waals surface area contributed by atoms with Crippen LogP contribution < -0.4 is 20.3 Å².